The molecule has 3 amide bonds. The van der Waals surface area contributed by atoms with Gasteiger partial charge in [-0.3, -0.25) is 9.59 Å². The molecule has 0 bridgehead atoms. The van der Waals surface area contributed by atoms with E-state index in [1.165, 1.54) is 16.8 Å². The third-order valence-electron chi connectivity index (χ3n) is 8.03. The molecule has 0 saturated carbocycles. The first kappa shape index (κ1) is 35.4. The van der Waals surface area contributed by atoms with Gasteiger partial charge in [-0.25, -0.2) is 9.78 Å². The van der Waals surface area contributed by atoms with Crippen LogP contribution in [0.25, 0.3) is 0 Å². The van der Waals surface area contributed by atoms with E-state index in [1.807, 2.05) is 103 Å². The molecule has 5 aromatic rings. The second kappa shape index (κ2) is 19.2. The number of aromatic amines is 1. The average Bonchev–Trinajstić information content (AvgIpc) is 3.67. The van der Waals surface area contributed by atoms with Crippen LogP contribution in [-0.2, 0) is 46.9 Å². The molecule has 1 unspecified atom stereocenters. The van der Waals surface area contributed by atoms with Crippen LogP contribution < -0.4 is 15.4 Å². The summed E-state index contributed by atoms with van der Waals surface area (Å²) >= 11 is 0. The van der Waals surface area contributed by atoms with Crippen LogP contribution in [0.3, 0.4) is 0 Å². The highest BCUT2D eigenvalue weighted by Crippen LogP contribution is 2.17. The monoisotopic (exact) mass is 673 g/mol. The van der Waals surface area contributed by atoms with Crippen molar-refractivity contribution in [3.05, 3.63) is 156 Å². The van der Waals surface area contributed by atoms with Gasteiger partial charge in [0.1, 0.15) is 25.0 Å². The van der Waals surface area contributed by atoms with Crippen molar-refractivity contribution in [1.82, 2.24) is 25.5 Å². The summed E-state index contributed by atoms with van der Waals surface area (Å²) in [6, 6.07) is 35.8. The summed E-state index contributed by atoms with van der Waals surface area (Å²) < 4.78 is 11.4. The van der Waals surface area contributed by atoms with Gasteiger partial charge < -0.3 is 30.0 Å². The van der Waals surface area contributed by atoms with E-state index < -0.39 is 18.0 Å². The number of unbranched alkanes of at least 4 members (excludes halogenated alkanes) is 1. The van der Waals surface area contributed by atoms with Gasteiger partial charge in [-0.05, 0) is 53.6 Å². The molecule has 3 N–H and O–H groups in total. The van der Waals surface area contributed by atoms with E-state index in [-0.39, 0.29) is 32.0 Å². The molecule has 0 saturated heterocycles. The zero-order chi connectivity index (χ0) is 34.8. The molecule has 1 heterocycles. The number of H-pyrrole nitrogens is 1. The number of aromatic nitrogens is 2. The van der Waals surface area contributed by atoms with E-state index in [2.05, 4.69) is 32.7 Å². The lowest BCUT2D eigenvalue weighted by Crippen LogP contribution is -2.52. The Morgan fingerprint density at radius 3 is 2.02 bits per heavy atom. The number of nitrogens with one attached hydrogen (secondary N) is 3. The third kappa shape index (κ3) is 12.0. The van der Waals surface area contributed by atoms with Gasteiger partial charge in [-0.15, -0.1) is 0 Å². The van der Waals surface area contributed by atoms with Crippen molar-refractivity contribution < 1.29 is 23.9 Å². The molecule has 4 aromatic carbocycles. The van der Waals surface area contributed by atoms with Crippen LogP contribution in [0.2, 0.25) is 0 Å². The van der Waals surface area contributed by atoms with Crippen LogP contribution in [0.15, 0.2) is 128 Å². The fraction of sp³-hybridized carbons (Fsp3) is 0.250. The Kier molecular flexibility index (Phi) is 13.6. The topological polar surface area (TPSA) is 126 Å². The van der Waals surface area contributed by atoms with Crippen molar-refractivity contribution in [2.45, 2.75) is 51.5 Å². The third-order valence-corrected chi connectivity index (χ3v) is 8.03. The summed E-state index contributed by atoms with van der Waals surface area (Å²) in [4.78, 5) is 48.9. The van der Waals surface area contributed by atoms with E-state index >= 15 is 0 Å². The quantitative estimate of drug-likeness (QED) is 0.0982. The molecule has 10 heteroatoms. The molecule has 0 fully saturated rings. The summed E-state index contributed by atoms with van der Waals surface area (Å²) in [6.45, 7) is 0.913. The number of imidazole rings is 1. The lowest BCUT2D eigenvalue weighted by atomic mass is 10.1. The molecule has 0 aliphatic carbocycles. The molecular weight excluding hydrogens is 630 g/mol. The maximum atomic E-state index is 14.2. The average molecular weight is 674 g/mol. The number of rotatable bonds is 18. The fourth-order valence-electron chi connectivity index (χ4n) is 5.36. The smallest absolute Gasteiger partial charge is 0.408 e. The van der Waals surface area contributed by atoms with E-state index in [0.717, 1.165) is 36.0 Å². The van der Waals surface area contributed by atoms with Gasteiger partial charge in [0.05, 0.1) is 12.9 Å². The Morgan fingerprint density at radius 2 is 1.38 bits per heavy atom. The highest BCUT2D eigenvalue weighted by molar-refractivity contribution is 5.89. The maximum Gasteiger partial charge on any atom is 0.408 e. The molecular formula is C40H43N5O5. The van der Waals surface area contributed by atoms with Crippen LogP contribution in [0.4, 0.5) is 4.79 Å². The first-order valence-corrected chi connectivity index (χ1v) is 16.8. The first-order valence-electron chi connectivity index (χ1n) is 16.8. The van der Waals surface area contributed by atoms with Gasteiger partial charge in [0.2, 0.25) is 11.8 Å². The van der Waals surface area contributed by atoms with E-state index in [4.69, 9.17) is 9.47 Å². The predicted octanol–water partition coefficient (Wildman–Crippen LogP) is 5.99. The van der Waals surface area contributed by atoms with Gasteiger partial charge in [0.15, 0.2) is 0 Å². The van der Waals surface area contributed by atoms with E-state index in [0.29, 0.717) is 24.6 Å². The standard InChI is InChI=1S/C40H43N5O5/c46-38(42-23-11-10-14-31-12-4-1-5-13-31)27-45(26-32-19-21-36(22-20-32)49-28-33-15-6-2-7-16-33)39(47)37(24-35-25-41-30-43-35)44-40(48)50-29-34-17-8-3-9-18-34/h1-9,12-13,15-22,25,30,37H,10-11,14,23-24,26-29H2,(H,41,43)(H,42,46)(H,44,48). The van der Waals surface area contributed by atoms with Gasteiger partial charge in [-0.1, -0.05) is 103 Å². The number of aryl methyl sites for hydroxylation is 1. The summed E-state index contributed by atoms with van der Waals surface area (Å²) in [6.07, 6.45) is 5.14. The zero-order valence-corrected chi connectivity index (χ0v) is 28.0. The Hall–Kier alpha value is -5.90. The molecule has 1 atom stereocenters. The van der Waals surface area contributed by atoms with Gasteiger partial charge in [-0.2, -0.15) is 0 Å². The minimum absolute atomic E-state index is 0.0483. The van der Waals surface area contributed by atoms with Crippen LogP contribution in [0.1, 0.15) is 40.8 Å². The second-order valence-corrected chi connectivity index (χ2v) is 11.9. The predicted molar refractivity (Wildman–Crippen MR) is 191 cm³/mol. The van der Waals surface area contributed by atoms with Crippen molar-refractivity contribution in [3.63, 3.8) is 0 Å². The van der Waals surface area contributed by atoms with Crippen molar-refractivity contribution in [3.8, 4) is 5.75 Å². The molecule has 50 heavy (non-hydrogen) atoms. The van der Waals surface area contributed by atoms with Gasteiger partial charge in [0.25, 0.3) is 0 Å². The van der Waals surface area contributed by atoms with E-state index in [1.54, 1.807) is 6.20 Å². The summed E-state index contributed by atoms with van der Waals surface area (Å²) in [5.41, 5.74) is 4.57. The van der Waals surface area contributed by atoms with Crippen LogP contribution in [-0.4, -0.2) is 51.9 Å². The number of hydrogen-bond donors (Lipinski definition) is 3. The molecule has 10 nitrogen and oxygen atoms in total. The Bertz CT molecular complexity index is 1730. The number of benzene rings is 4. The molecule has 0 aliphatic heterocycles. The zero-order valence-electron chi connectivity index (χ0n) is 28.0. The van der Waals surface area contributed by atoms with Crippen molar-refractivity contribution >= 4 is 17.9 Å². The number of ether oxygens (including phenoxy) is 2. The van der Waals surface area contributed by atoms with Gasteiger partial charge in [0, 0.05) is 31.4 Å². The van der Waals surface area contributed by atoms with Crippen molar-refractivity contribution in [2.75, 3.05) is 13.1 Å². The lowest BCUT2D eigenvalue weighted by Gasteiger charge is -2.27. The van der Waals surface area contributed by atoms with Crippen LogP contribution in [0.5, 0.6) is 5.75 Å². The Labute approximate surface area is 292 Å². The molecule has 5 rings (SSSR count). The normalized spacial score (nSPS) is 11.3. The largest absolute Gasteiger partial charge is 0.489 e. The van der Waals surface area contributed by atoms with Gasteiger partial charge >= 0.3 is 6.09 Å². The number of nitrogens with zero attached hydrogens (tertiary/aromatic N) is 2. The highest BCUT2D eigenvalue weighted by Gasteiger charge is 2.29. The summed E-state index contributed by atoms with van der Waals surface area (Å²) in [5.74, 6) is -0.0311. The molecule has 1 aromatic heterocycles. The number of carbonyl (C=O) groups excluding carboxylic acids is 3. The lowest BCUT2D eigenvalue weighted by molar-refractivity contribution is -0.138. The number of amides is 3. The Morgan fingerprint density at radius 1 is 0.740 bits per heavy atom. The fourth-order valence-corrected chi connectivity index (χ4v) is 5.36. The first-order chi connectivity index (χ1) is 24.5. The minimum Gasteiger partial charge on any atom is -0.489 e. The second-order valence-electron chi connectivity index (χ2n) is 11.9. The molecule has 0 radical (unpaired) electrons. The SMILES string of the molecule is O=C(CN(Cc1ccc(OCc2ccccc2)cc1)C(=O)C(Cc1cnc[nH]1)NC(=O)OCc1ccccc1)NCCCCc1ccccc1. The molecule has 258 valence electrons. The number of alkyl carbamates (subject to hydrolysis) is 1. The van der Waals surface area contributed by atoms with Crippen LogP contribution >= 0.6 is 0 Å². The summed E-state index contributed by atoms with van der Waals surface area (Å²) in [7, 11) is 0. The number of carbonyl (C=O) groups is 3. The summed E-state index contributed by atoms with van der Waals surface area (Å²) in [5, 5.41) is 5.69. The maximum absolute atomic E-state index is 14.2. The molecule has 0 aliphatic rings. The number of hydrogen-bond acceptors (Lipinski definition) is 6. The van der Waals surface area contributed by atoms with Crippen LogP contribution in [0, 0.1) is 0 Å². The minimum atomic E-state index is -1.02. The van der Waals surface area contributed by atoms with Crippen molar-refractivity contribution in [2.24, 2.45) is 0 Å². The highest BCUT2D eigenvalue weighted by atomic mass is 16.5. The Balaban J connectivity index is 1.24. The van der Waals surface area contributed by atoms with Crippen molar-refractivity contribution in [1.29, 1.82) is 0 Å². The van der Waals surface area contributed by atoms with E-state index in [9.17, 15) is 14.4 Å². The molecule has 0 spiro atoms.